The molecule has 1 fully saturated rings. The summed E-state index contributed by atoms with van der Waals surface area (Å²) in [6.07, 6.45) is 2.16. The molecule has 118 valence electrons. The number of hydrogen-bond acceptors (Lipinski definition) is 3. The standard InChI is InChI=1S/C13H17F3N2O2S/c1-18(12-4-2-3-8(12)7-17)21(19,20)13-10(15)5-9(14)6-11(13)16/h5-6,8,12H,2-4,7,17H2,1H3. The molecule has 1 aromatic rings. The average molecular weight is 322 g/mol. The van der Waals surface area contributed by atoms with Crippen LogP contribution in [0, 0.1) is 23.4 Å². The summed E-state index contributed by atoms with van der Waals surface area (Å²) in [5.41, 5.74) is 5.60. The van der Waals surface area contributed by atoms with Crippen LogP contribution in [-0.4, -0.2) is 32.4 Å². The molecule has 8 heteroatoms. The summed E-state index contributed by atoms with van der Waals surface area (Å²) in [5, 5.41) is 0. The molecule has 0 saturated heterocycles. The van der Waals surface area contributed by atoms with Crippen LogP contribution < -0.4 is 5.73 Å². The van der Waals surface area contributed by atoms with Gasteiger partial charge in [0.1, 0.15) is 17.5 Å². The fourth-order valence-corrected chi connectivity index (χ4v) is 4.40. The zero-order valence-electron chi connectivity index (χ0n) is 11.5. The number of halogens is 3. The molecule has 4 nitrogen and oxygen atoms in total. The van der Waals surface area contributed by atoms with Crippen LogP contribution in [0.15, 0.2) is 17.0 Å². The van der Waals surface area contributed by atoms with Crippen LogP contribution in [0.3, 0.4) is 0 Å². The lowest BCUT2D eigenvalue weighted by atomic mass is 10.0. The second kappa shape index (κ2) is 5.94. The van der Waals surface area contributed by atoms with E-state index in [-0.39, 0.29) is 5.92 Å². The third-order valence-corrected chi connectivity index (χ3v) is 5.92. The van der Waals surface area contributed by atoms with Gasteiger partial charge in [-0.1, -0.05) is 6.42 Å². The molecule has 0 heterocycles. The summed E-state index contributed by atoms with van der Waals surface area (Å²) < 4.78 is 66.1. The highest BCUT2D eigenvalue weighted by molar-refractivity contribution is 7.89. The summed E-state index contributed by atoms with van der Waals surface area (Å²) in [6.45, 7) is 0.304. The molecule has 2 rings (SSSR count). The minimum atomic E-state index is -4.38. The van der Waals surface area contributed by atoms with Gasteiger partial charge in [0.05, 0.1) is 0 Å². The molecule has 0 aliphatic heterocycles. The molecule has 21 heavy (non-hydrogen) atoms. The Morgan fingerprint density at radius 1 is 1.24 bits per heavy atom. The van der Waals surface area contributed by atoms with Gasteiger partial charge in [-0.2, -0.15) is 4.31 Å². The van der Waals surface area contributed by atoms with Gasteiger partial charge in [-0.15, -0.1) is 0 Å². The van der Waals surface area contributed by atoms with Crippen molar-refractivity contribution in [3.63, 3.8) is 0 Å². The van der Waals surface area contributed by atoms with E-state index in [0.717, 1.165) is 17.1 Å². The molecule has 1 saturated carbocycles. The van der Waals surface area contributed by atoms with E-state index in [1.807, 2.05) is 0 Å². The average Bonchev–Trinajstić information content (AvgIpc) is 2.83. The second-order valence-corrected chi connectivity index (χ2v) is 7.15. The number of hydrogen-bond donors (Lipinski definition) is 1. The Labute approximate surface area is 121 Å². The van der Waals surface area contributed by atoms with E-state index in [0.29, 0.717) is 25.1 Å². The van der Waals surface area contributed by atoms with E-state index in [1.165, 1.54) is 7.05 Å². The van der Waals surface area contributed by atoms with Crippen molar-refractivity contribution in [1.82, 2.24) is 4.31 Å². The van der Waals surface area contributed by atoms with Crippen LogP contribution in [0.2, 0.25) is 0 Å². The predicted molar refractivity (Wildman–Crippen MR) is 71.4 cm³/mol. The van der Waals surface area contributed by atoms with Crippen LogP contribution in [0.5, 0.6) is 0 Å². The van der Waals surface area contributed by atoms with Crippen molar-refractivity contribution in [3.8, 4) is 0 Å². The third-order valence-electron chi connectivity index (χ3n) is 3.99. The number of sulfonamides is 1. The maximum atomic E-state index is 13.7. The highest BCUT2D eigenvalue weighted by Gasteiger charge is 2.38. The highest BCUT2D eigenvalue weighted by Crippen LogP contribution is 2.33. The van der Waals surface area contributed by atoms with Gasteiger partial charge in [-0.05, 0) is 25.3 Å². The molecule has 2 unspecified atom stereocenters. The van der Waals surface area contributed by atoms with E-state index < -0.39 is 38.4 Å². The first kappa shape index (κ1) is 16.3. The molecule has 0 bridgehead atoms. The number of nitrogens with two attached hydrogens (primary N) is 1. The molecule has 0 radical (unpaired) electrons. The Balaban J connectivity index is 2.43. The molecule has 0 aromatic heterocycles. The lowest BCUT2D eigenvalue weighted by Crippen LogP contribution is -2.42. The lowest BCUT2D eigenvalue weighted by molar-refractivity contribution is 0.301. The number of benzene rings is 1. The molecular formula is C13H17F3N2O2S. The third kappa shape index (κ3) is 2.93. The Hall–Kier alpha value is -1.12. The highest BCUT2D eigenvalue weighted by atomic mass is 32.2. The lowest BCUT2D eigenvalue weighted by Gasteiger charge is -2.28. The quantitative estimate of drug-likeness (QED) is 0.920. The smallest absolute Gasteiger partial charge is 0.248 e. The fourth-order valence-electron chi connectivity index (χ4n) is 2.87. The molecule has 1 aliphatic carbocycles. The largest absolute Gasteiger partial charge is 0.330 e. The van der Waals surface area contributed by atoms with Crippen LogP contribution in [-0.2, 0) is 10.0 Å². The van der Waals surface area contributed by atoms with Crippen molar-refractivity contribution in [1.29, 1.82) is 0 Å². The molecule has 2 atom stereocenters. The molecule has 0 amide bonds. The van der Waals surface area contributed by atoms with Crippen molar-refractivity contribution in [2.45, 2.75) is 30.2 Å². The van der Waals surface area contributed by atoms with Gasteiger partial charge in [0, 0.05) is 25.2 Å². The first-order chi connectivity index (χ1) is 9.78. The zero-order chi connectivity index (χ0) is 15.8. The van der Waals surface area contributed by atoms with E-state index in [4.69, 9.17) is 5.73 Å². The molecule has 1 aromatic carbocycles. The zero-order valence-corrected chi connectivity index (χ0v) is 12.3. The summed E-state index contributed by atoms with van der Waals surface area (Å²) in [6, 6.07) is 0.321. The summed E-state index contributed by atoms with van der Waals surface area (Å²) in [7, 11) is -3.11. The van der Waals surface area contributed by atoms with Gasteiger partial charge in [-0.25, -0.2) is 21.6 Å². The first-order valence-electron chi connectivity index (χ1n) is 6.61. The fraction of sp³-hybridized carbons (Fsp3) is 0.538. The molecule has 0 spiro atoms. The number of nitrogens with zero attached hydrogens (tertiary/aromatic N) is 1. The maximum absolute atomic E-state index is 13.7. The second-order valence-electron chi connectivity index (χ2n) is 5.21. The minimum Gasteiger partial charge on any atom is -0.330 e. The number of rotatable bonds is 4. The Bertz CT molecular complexity index is 613. The van der Waals surface area contributed by atoms with Crippen LogP contribution in [0.1, 0.15) is 19.3 Å². The molecule has 2 N–H and O–H groups in total. The van der Waals surface area contributed by atoms with Gasteiger partial charge < -0.3 is 5.73 Å². The van der Waals surface area contributed by atoms with E-state index in [9.17, 15) is 21.6 Å². The monoisotopic (exact) mass is 322 g/mol. The van der Waals surface area contributed by atoms with Crippen molar-refractivity contribution < 1.29 is 21.6 Å². The van der Waals surface area contributed by atoms with Crippen molar-refractivity contribution >= 4 is 10.0 Å². The van der Waals surface area contributed by atoms with Crippen LogP contribution >= 0.6 is 0 Å². The Morgan fingerprint density at radius 3 is 2.33 bits per heavy atom. The summed E-state index contributed by atoms with van der Waals surface area (Å²) in [4.78, 5) is -1.12. The van der Waals surface area contributed by atoms with Crippen LogP contribution in [0.25, 0.3) is 0 Å². The minimum absolute atomic E-state index is 0.0451. The van der Waals surface area contributed by atoms with Crippen molar-refractivity contribution in [2.75, 3.05) is 13.6 Å². The predicted octanol–water partition coefficient (Wildman–Crippen LogP) is 1.85. The summed E-state index contributed by atoms with van der Waals surface area (Å²) in [5.74, 6) is -4.06. The Kier molecular flexibility index (Phi) is 4.60. The SMILES string of the molecule is CN(C1CCCC1CN)S(=O)(=O)c1c(F)cc(F)cc1F. The van der Waals surface area contributed by atoms with Gasteiger partial charge in [0.2, 0.25) is 10.0 Å². The van der Waals surface area contributed by atoms with E-state index >= 15 is 0 Å². The van der Waals surface area contributed by atoms with E-state index in [1.54, 1.807) is 0 Å². The van der Waals surface area contributed by atoms with Gasteiger partial charge in [0.25, 0.3) is 0 Å². The van der Waals surface area contributed by atoms with E-state index in [2.05, 4.69) is 0 Å². The topological polar surface area (TPSA) is 63.4 Å². The summed E-state index contributed by atoms with van der Waals surface area (Å²) >= 11 is 0. The molecular weight excluding hydrogens is 305 g/mol. The maximum Gasteiger partial charge on any atom is 0.248 e. The Morgan fingerprint density at radius 2 is 1.81 bits per heavy atom. The van der Waals surface area contributed by atoms with Crippen molar-refractivity contribution in [2.24, 2.45) is 11.7 Å². The molecule has 1 aliphatic rings. The normalized spacial score (nSPS) is 23.0. The van der Waals surface area contributed by atoms with Gasteiger partial charge in [0.15, 0.2) is 4.90 Å². The van der Waals surface area contributed by atoms with Crippen LogP contribution in [0.4, 0.5) is 13.2 Å². The van der Waals surface area contributed by atoms with Gasteiger partial charge >= 0.3 is 0 Å². The van der Waals surface area contributed by atoms with Gasteiger partial charge in [-0.3, -0.25) is 0 Å². The van der Waals surface area contributed by atoms with Crippen molar-refractivity contribution in [3.05, 3.63) is 29.6 Å². The first-order valence-corrected chi connectivity index (χ1v) is 8.05.